The summed E-state index contributed by atoms with van der Waals surface area (Å²) in [5, 5.41) is 3.17. The molecule has 1 amide bonds. The lowest BCUT2D eigenvalue weighted by molar-refractivity contribution is -0.124. The van der Waals surface area contributed by atoms with Gasteiger partial charge in [-0.1, -0.05) is 40.5 Å². The summed E-state index contributed by atoms with van der Waals surface area (Å²) in [7, 11) is 0. The first kappa shape index (κ1) is 14.8. The van der Waals surface area contributed by atoms with E-state index in [0.717, 1.165) is 12.8 Å². The molecule has 3 heteroatoms. The van der Waals surface area contributed by atoms with Gasteiger partial charge in [0.25, 0.3) is 0 Å². The van der Waals surface area contributed by atoms with Gasteiger partial charge in [-0.05, 0) is 24.2 Å². The molecular weight excluding hydrogens is 234 g/mol. The standard InChI is InChI=1S/C14H26ClNO/c1-11(13(2,3)4)9-12(17)16-14(10-15)7-5-6-8-14/h11H,5-10H2,1-4H3,(H,16,17). The zero-order chi connectivity index (χ0) is 13.1. The highest BCUT2D eigenvalue weighted by Crippen LogP contribution is 2.32. The zero-order valence-corrected chi connectivity index (χ0v) is 12.4. The largest absolute Gasteiger partial charge is 0.349 e. The van der Waals surface area contributed by atoms with Crippen molar-refractivity contribution >= 4 is 17.5 Å². The molecule has 0 bridgehead atoms. The van der Waals surface area contributed by atoms with Crippen molar-refractivity contribution in [1.82, 2.24) is 5.32 Å². The second-order valence-corrected chi connectivity index (χ2v) is 6.91. The predicted octanol–water partition coefficient (Wildman–Crippen LogP) is 3.73. The Bertz CT molecular complexity index is 264. The van der Waals surface area contributed by atoms with Crippen LogP contribution in [0.5, 0.6) is 0 Å². The minimum Gasteiger partial charge on any atom is -0.349 e. The van der Waals surface area contributed by atoms with Crippen molar-refractivity contribution in [3.05, 3.63) is 0 Å². The van der Waals surface area contributed by atoms with Crippen LogP contribution in [0.4, 0.5) is 0 Å². The highest BCUT2D eigenvalue weighted by Gasteiger charge is 2.35. The maximum absolute atomic E-state index is 12.1. The molecule has 0 aromatic heterocycles. The number of hydrogen-bond acceptors (Lipinski definition) is 1. The molecule has 1 atom stereocenters. The summed E-state index contributed by atoms with van der Waals surface area (Å²) in [5.74, 6) is 1.09. The molecule has 1 aliphatic rings. The summed E-state index contributed by atoms with van der Waals surface area (Å²) in [6, 6.07) is 0. The quantitative estimate of drug-likeness (QED) is 0.766. The first-order valence-corrected chi connectivity index (χ1v) is 7.19. The van der Waals surface area contributed by atoms with Gasteiger partial charge in [0, 0.05) is 12.3 Å². The summed E-state index contributed by atoms with van der Waals surface area (Å²) in [4.78, 5) is 12.1. The highest BCUT2D eigenvalue weighted by atomic mass is 35.5. The van der Waals surface area contributed by atoms with Crippen molar-refractivity contribution in [2.45, 2.75) is 65.3 Å². The average molecular weight is 260 g/mol. The van der Waals surface area contributed by atoms with Gasteiger partial charge < -0.3 is 5.32 Å². The van der Waals surface area contributed by atoms with Crippen LogP contribution in [0.25, 0.3) is 0 Å². The monoisotopic (exact) mass is 259 g/mol. The Balaban J connectivity index is 2.49. The lowest BCUT2D eigenvalue weighted by atomic mass is 9.80. The second-order valence-electron chi connectivity index (χ2n) is 6.64. The maximum Gasteiger partial charge on any atom is 0.220 e. The molecule has 1 rings (SSSR count). The molecule has 0 heterocycles. The number of halogens is 1. The predicted molar refractivity (Wildman–Crippen MR) is 73.3 cm³/mol. The summed E-state index contributed by atoms with van der Waals surface area (Å²) in [6.07, 6.45) is 5.03. The van der Waals surface area contributed by atoms with Crippen molar-refractivity contribution < 1.29 is 4.79 Å². The molecule has 1 saturated carbocycles. The molecule has 0 radical (unpaired) electrons. The number of amides is 1. The van der Waals surface area contributed by atoms with E-state index in [0.29, 0.717) is 18.2 Å². The van der Waals surface area contributed by atoms with Crippen molar-refractivity contribution in [2.75, 3.05) is 5.88 Å². The second kappa shape index (κ2) is 5.60. The van der Waals surface area contributed by atoms with Gasteiger partial charge in [-0.15, -0.1) is 11.6 Å². The molecule has 0 saturated heterocycles. The van der Waals surface area contributed by atoms with Crippen LogP contribution in [-0.2, 0) is 4.79 Å². The molecular formula is C14H26ClNO. The normalized spacial score (nSPS) is 21.2. The fourth-order valence-corrected chi connectivity index (χ4v) is 2.61. The Morgan fingerprint density at radius 2 is 1.88 bits per heavy atom. The van der Waals surface area contributed by atoms with E-state index in [1.54, 1.807) is 0 Å². The van der Waals surface area contributed by atoms with Crippen molar-refractivity contribution in [3.63, 3.8) is 0 Å². The summed E-state index contributed by atoms with van der Waals surface area (Å²) in [6.45, 7) is 8.68. The van der Waals surface area contributed by atoms with Crippen LogP contribution in [0.1, 0.15) is 59.8 Å². The van der Waals surface area contributed by atoms with E-state index in [1.807, 2.05) is 0 Å². The van der Waals surface area contributed by atoms with Crippen LogP contribution in [0.15, 0.2) is 0 Å². The van der Waals surface area contributed by atoms with Gasteiger partial charge in [-0.25, -0.2) is 0 Å². The third kappa shape index (κ3) is 4.17. The molecule has 100 valence electrons. The maximum atomic E-state index is 12.1. The van der Waals surface area contributed by atoms with E-state index in [4.69, 9.17) is 11.6 Å². The van der Waals surface area contributed by atoms with E-state index in [1.165, 1.54) is 12.8 Å². The van der Waals surface area contributed by atoms with E-state index < -0.39 is 0 Å². The third-order valence-corrected chi connectivity index (χ3v) is 4.70. The Morgan fingerprint density at radius 1 is 1.35 bits per heavy atom. The zero-order valence-electron chi connectivity index (χ0n) is 11.6. The van der Waals surface area contributed by atoms with Crippen LogP contribution in [0.3, 0.4) is 0 Å². The van der Waals surface area contributed by atoms with Gasteiger partial charge in [0.15, 0.2) is 0 Å². The molecule has 2 nitrogen and oxygen atoms in total. The Kier molecular flexibility index (Phi) is 4.88. The van der Waals surface area contributed by atoms with E-state index in [2.05, 4.69) is 33.0 Å². The molecule has 1 fully saturated rings. The fraction of sp³-hybridized carbons (Fsp3) is 0.929. The first-order chi connectivity index (χ1) is 7.79. The van der Waals surface area contributed by atoms with Crippen molar-refractivity contribution in [3.8, 4) is 0 Å². The summed E-state index contributed by atoms with van der Waals surface area (Å²) < 4.78 is 0. The SMILES string of the molecule is CC(CC(=O)NC1(CCl)CCCC1)C(C)(C)C. The Hall–Kier alpha value is -0.240. The minimum atomic E-state index is -0.115. The van der Waals surface area contributed by atoms with Crippen molar-refractivity contribution in [1.29, 1.82) is 0 Å². The van der Waals surface area contributed by atoms with E-state index in [9.17, 15) is 4.79 Å². The topological polar surface area (TPSA) is 29.1 Å². The molecule has 0 spiro atoms. The molecule has 1 N–H and O–H groups in total. The van der Waals surface area contributed by atoms with Crippen LogP contribution in [0.2, 0.25) is 0 Å². The molecule has 0 aliphatic heterocycles. The third-order valence-electron chi connectivity index (χ3n) is 4.19. The first-order valence-electron chi connectivity index (χ1n) is 6.66. The van der Waals surface area contributed by atoms with E-state index >= 15 is 0 Å². The number of nitrogens with one attached hydrogen (secondary N) is 1. The van der Waals surface area contributed by atoms with Crippen LogP contribution in [0, 0.1) is 11.3 Å². The Morgan fingerprint density at radius 3 is 2.29 bits per heavy atom. The van der Waals surface area contributed by atoms with Crippen LogP contribution in [-0.4, -0.2) is 17.3 Å². The van der Waals surface area contributed by atoms with Gasteiger partial charge >= 0.3 is 0 Å². The lowest BCUT2D eigenvalue weighted by Gasteiger charge is -2.31. The van der Waals surface area contributed by atoms with Crippen LogP contribution >= 0.6 is 11.6 Å². The number of carbonyl (C=O) groups is 1. The molecule has 0 aromatic carbocycles. The molecule has 0 aromatic rings. The molecule has 1 aliphatic carbocycles. The summed E-state index contributed by atoms with van der Waals surface area (Å²) >= 11 is 6.02. The van der Waals surface area contributed by atoms with Crippen LogP contribution < -0.4 is 5.32 Å². The van der Waals surface area contributed by atoms with Crippen molar-refractivity contribution in [2.24, 2.45) is 11.3 Å². The molecule has 1 unspecified atom stereocenters. The Labute approximate surface area is 110 Å². The van der Waals surface area contributed by atoms with Gasteiger partial charge in [-0.2, -0.15) is 0 Å². The lowest BCUT2D eigenvalue weighted by Crippen LogP contribution is -2.48. The number of alkyl halides is 1. The minimum absolute atomic E-state index is 0.115. The van der Waals surface area contributed by atoms with Gasteiger partial charge in [0.05, 0.1) is 5.54 Å². The fourth-order valence-electron chi connectivity index (χ4n) is 2.27. The van der Waals surface area contributed by atoms with Gasteiger partial charge in [0.1, 0.15) is 0 Å². The van der Waals surface area contributed by atoms with E-state index in [-0.39, 0.29) is 16.9 Å². The number of rotatable bonds is 4. The van der Waals surface area contributed by atoms with Gasteiger partial charge in [-0.3, -0.25) is 4.79 Å². The highest BCUT2D eigenvalue weighted by molar-refractivity contribution is 6.18. The summed E-state index contributed by atoms with van der Waals surface area (Å²) in [5.41, 5.74) is 0.0669. The van der Waals surface area contributed by atoms with Gasteiger partial charge in [0.2, 0.25) is 5.91 Å². The average Bonchev–Trinajstić information content (AvgIpc) is 2.65. The number of hydrogen-bond donors (Lipinski definition) is 1. The number of carbonyl (C=O) groups excluding carboxylic acids is 1. The smallest absolute Gasteiger partial charge is 0.220 e. The molecule has 17 heavy (non-hydrogen) atoms.